The molecule has 2 heterocycles. The smallest absolute Gasteiger partial charge is 0.243 e. The Kier molecular flexibility index (Phi) is 1.18. The van der Waals surface area contributed by atoms with E-state index in [0.717, 1.165) is 5.56 Å². The summed E-state index contributed by atoms with van der Waals surface area (Å²) in [6.07, 6.45) is 3.15. The van der Waals surface area contributed by atoms with Gasteiger partial charge in [-0.25, -0.2) is 0 Å². The number of amides is 1. The molecule has 0 aliphatic carbocycles. The van der Waals surface area contributed by atoms with Gasteiger partial charge in [0.1, 0.15) is 0 Å². The minimum absolute atomic E-state index is 0.0369. The lowest BCUT2D eigenvalue weighted by molar-refractivity contribution is 0.0880. The van der Waals surface area contributed by atoms with Crippen molar-refractivity contribution in [2.75, 3.05) is 0 Å². The Hall–Kier alpha value is -1.39. The molecule has 1 aromatic rings. The lowest BCUT2D eigenvalue weighted by Crippen LogP contribution is -2.19. The zero-order chi connectivity index (χ0) is 7.84. The highest BCUT2D eigenvalue weighted by molar-refractivity contribution is 6.19. The van der Waals surface area contributed by atoms with Crippen LogP contribution in [0, 0.1) is 0 Å². The van der Waals surface area contributed by atoms with Gasteiger partial charge in [-0.15, -0.1) is 0 Å². The summed E-state index contributed by atoms with van der Waals surface area (Å²) in [6.45, 7) is 0.656. The van der Waals surface area contributed by atoms with E-state index in [1.165, 1.54) is 6.20 Å². The number of fused-ring (bicyclic) bond motifs is 1. The summed E-state index contributed by atoms with van der Waals surface area (Å²) in [7, 11) is 1.77. The molecular formula is C6H6BN3O. The fourth-order valence-corrected chi connectivity index (χ4v) is 1.20. The molecule has 54 valence electrons. The third-order valence-electron chi connectivity index (χ3n) is 1.80. The van der Waals surface area contributed by atoms with Crippen LogP contribution >= 0.6 is 0 Å². The first-order chi connectivity index (χ1) is 5.29. The second-order valence-electron chi connectivity index (χ2n) is 2.59. The number of hydrogen-bond donors (Lipinski definition) is 0. The van der Waals surface area contributed by atoms with E-state index in [4.69, 9.17) is 0 Å². The lowest BCUT2D eigenvalue weighted by atomic mass is 10.2. The van der Waals surface area contributed by atoms with Crippen LogP contribution in [-0.4, -0.2) is 28.9 Å². The molecule has 0 unspecified atom stereocenters. The van der Waals surface area contributed by atoms with Crippen molar-refractivity contribution in [3.05, 3.63) is 23.5 Å². The number of carbonyl (C=O) groups is 1. The van der Waals surface area contributed by atoms with Gasteiger partial charge in [0.15, 0.2) is 0 Å². The standard InChI is InChI=1S/C6H6BN3O/c7-10-3-4-1-8-9-2-5(4)6(10)11/h1-2H,3,7H2. The van der Waals surface area contributed by atoms with Crippen LogP contribution in [0.3, 0.4) is 0 Å². The molecule has 0 fully saturated rings. The predicted octanol–water partition coefficient (Wildman–Crippen LogP) is -1.02. The van der Waals surface area contributed by atoms with Gasteiger partial charge in [-0.3, -0.25) is 4.79 Å². The van der Waals surface area contributed by atoms with Crippen molar-refractivity contribution in [3.63, 3.8) is 0 Å². The molecule has 1 aromatic heterocycles. The van der Waals surface area contributed by atoms with Crippen molar-refractivity contribution in [2.24, 2.45) is 0 Å². The number of aromatic nitrogens is 2. The van der Waals surface area contributed by atoms with E-state index in [0.29, 0.717) is 12.1 Å². The summed E-state index contributed by atoms with van der Waals surface area (Å²) in [4.78, 5) is 12.9. The second kappa shape index (κ2) is 2.05. The predicted molar refractivity (Wildman–Crippen MR) is 40.4 cm³/mol. The molecule has 1 amide bonds. The van der Waals surface area contributed by atoms with E-state index < -0.39 is 0 Å². The van der Waals surface area contributed by atoms with Crippen molar-refractivity contribution >= 4 is 13.9 Å². The van der Waals surface area contributed by atoms with Crippen molar-refractivity contribution in [3.8, 4) is 0 Å². The number of rotatable bonds is 0. The summed E-state index contributed by atoms with van der Waals surface area (Å²) in [5, 5.41) is 7.34. The summed E-state index contributed by atoms with van der Waals surface area (Å²) in [6, 6.07) is 0. The van der Waals surface area contributed by atoms with Crippen LogP contribution in [0.1, 0.15) is 15.9 Å². The number of carbonyl (C=O) groups excluding carboxylic acids is 1. The fraction of sp³-hybridized carbons (Fsp3) is 0.167. The van der Waals surface area contributed by atoms with Crippen molar-refractivity contribution in [1.82, 2.24) is 15.0 Å². The van der Waals surface area contributed by atoms with E-state index in [-0.39, 0.29) is 5.91 Å². The van der Waals surface area contributed by atoms with Gasteiger partial charge in [0.2, 0.25) is 13.9 Å². The van der Waals surface area contributed by atoms with Crippen LogP contribution in [0.5, 0.6) is 0 Å². The average Bonchev–Trinajstić information content (AvgIpc) is 2.30. The van der Waals surface area contributed by atoms with E-state index in [2.05, 4.69) is 10.2 Å². The van der Waals surface area contributed by atoms with Crippen LogP contribution in [0.15, 0.2) is 12.4 Å². The van der Waals surface area contributed by atoms with Crippen molar-refractivity contribution in [1.29, 1.82) is 0 Å². The second-order valence-corrected chi connectivity index (χ2v) is 2.59. The first kappa shape index (κ1) is 6.33. The maximum absolute atomic E-state index is 11.3. The molecule has 5 heteroatoms. The lowest BCUT2D eigenvalue weighted by Gasteiger charge is -2.04. The summed E-state index contributed by atoms with van der Waals surface area (Å²) < 4.78 is 0. The van der Waals surface area contributed by atoms with Gasteiger partial charge < -0.3 is 4.81 Å². The van der Waals surface area contributed by atoms with Gasteiger partial charge in [-0.2, -0.15) is 10.2 Å². The molecule has 0 atom stereocenters. The first-order valence-electron chi connectivity index (χ1n) is 3.34. The van der Waals surface area contributed by atoms with Crippen LogP contribution < -0.4 is 0 Å². The quantitative estimate of drug-likeness (QED) is 0.441. The Labute approximate surface area is 64.7 Å². The Morgan fingerprint density at radius 2 is 2.18 bits per heavy atom. The number of nitrogens with zero attached hydrogens (tertiary/aromatic N) is 3. The zero-order valence-corrected chi connectivity index (χ0v) is 6.11. The van der Waals surface area contributed by atoms with Gasteiger partial charge in [-0.1, -0.05) is 0 Å². The molecule has 0 bridgehead atoms. The van der Waals surface area contributed by atoms with Crippen molar-refractivity contribution in [2.45, 2.75) is 6.54 Å². The fourth-order valence-electron chi connectivity index (χ4n) is 1.20. The highest BCUT2D eigenvalue weighted by Crippen LogP contribution is 2.17. The maximum Gasteiger partial charge on any atom is 0.243 e. The molecule has 0 saturated heterocycles. The molecule has 0 N–H and O–H groups in total. The summed E-state index contributed by atoms with van der Waals surface area (Å²) in [5.41, 5.74) is 1.65. The van der Waals surface area contributed by atoms with Crippen molar-refractivity contribution < 1.29 is 4.79 Å². The third-order valence-corrected chi connectivity index (χ3v) is 1.80. The van der Waals surface area contributed by atoms with Gasteiger partial charge in [0, 0.05) is 12.1 Å². The summed E-state index contributed by atoms with van der Waals surface area (Å²) in [5.74, 6) is 0.0369. The topological polar surface area (TPSA) is 46.1 Å². The molecular weight excluding hydrogens is 141 g/mol. The highest BCUT2D eigenvalue weighted by Gasteiger charge is 2.23. The Bertz CT molecular complexity index is 314. The highest BCUT2D eigenvalue weighted by atomic mass is 16.2. The molecule has 1 aliphatic rings. The van der Waals surface area contributed by atoms with Crippen LogP contribution in [0.2, 0.25) is 0 Å². The largest absolute Gasteiger partial charge is 0.386 e. The van der Waals surface area contributed by atoms with Crippen LogP contribution in [-0.2, 0) is 6.54 Å². The molecule has 11 heavy (non-hydrogen) atoms. The van der Waals surface area contributed by atoms with Crippen LogP contribution in [0.4, 0.5) is 0 Å². The van der Waals surface area contributed by atoms with Gasteiger partial charge in [0.25, 0.3) is 0 Å². The Balaban J connectivity index is 2.55. The monoisotopic (exact) mass is 147 g/mol. The van der Waals surface area contributed by atoms with E-state index in [9.17, 15) is 4.79 Å². The molecule has 0 radical (unpaired) electrons. The van der Waals surface area contributed by atoms with Crippen LogP contribution in [0.25, 0.3) is 0 Å². The Morgan fingerprint density at radius 3 is 2.91 bits per heavy atom. The first-order valence-corrected chi connectivity index (χ1v) is 3.34. The zero-order valence-electron chi connectivity index (χ0n) is 6.11. The maximum atomic E-state index is 11.3. The average molecular weight is 147 g/mol. The molecule has 2 rings (SSSR count). The number of hydrogen-bond acceptors (Lipinski definition) is 3. The molecule has 1 aliphatic heterocycles. The molecule has 4 nitrogen and oxygen atoms in total. The molecule has 0 spiro atoms. The van der Waals surface area contributed by atoms with E-state index in [1.54, 1.807) is 19.0 Å². The minimum Gasteiger partial charge on any atom is -0.386 e. The Morgan fingerprint density at radius 1 is 1.45 bits per heavy atom. The normalized spacial score (nSPS) is 15.3. The van der Waals surface area contributed by atoms with Gasteiger partial charge >= 0.3 is 0 Å². The van der Waals surface area contributed by atoms with Gasteiger partial charge in [-0.05, 0) is 0 Å². The molecule has 0 aromatic carbocycles. The van der Waals surface area contributed by atoms with E-state index >= 15 is 0 Å². The summed E-state index contributed by atoms with van der Waals surface area (Å²) >= 11 is 0. The molecule has 0 saturated carbocycles. The SMILES string of the molecule is BN1Cc2cnncc2C1=O. The van der Waals surface area contributed by atoms with E-state index in [1.807, 2.05) is 0 Å². The third kappa shape index (κ3) is 0.807. The van der Waals surface area contributed by atoms with Gasteiger partial charge in [0.05, 0.1) is 18.0 Å². The minimum atomic E-state index is 0.0369.